The number of nitrogens with zero attached hydrogens (tertiary/aromatic N) is 1. The summed E-state index contributed by atoms with van der Waals surface area (Å²) in [5.74, 6) is 1.70. The molecule has 106 valence electrons. The van der Waals surface area contributed by atoms with Gasteiger partial charge in [-0.05, 0) is 24.6 Å². The minimum atomic E-state index is -0.0999. The zero-order valence-electron chi connectivity index (χ0n) is 11.5. The highest BCUT2D eigenvalue weighted by molar-refractivity contribution is 6.17. The molecule has 0 saturated carbocycles. The van der Waals surface area contributed by atoms with E-state index < -0.39 is 0 Å². The second kappa shape index (κ2) is 7.75. The van der Waals surface area contributed by atoms with Gasteiger partial charge < -0.3 is 9.47 Å². The monoisotopic (exact) mass is 291 g/mol. The molecule has 1 aromatic heterocycles. The predicted molar refractivity (Wildman–Crippen MR) is 80.6 cm³/mol. The van der Waals surface area contributed by atoms with Crippen molar-refractivity contribution in [1.82, 2.24) is 4.98 Å². The summed E-state index contributed by atoms with van der Waals surface area (Å²) in [6, 6.07) is 13.7. The first-order chi connectivity index (χ1) is 9.85. The van der Waals surface area contributed by atoms with Crippen molar-refractivity contribution >= 4 is 11.6 Å². The molecule has 3 nitrogen and oxygen atoms in total. The van der Waals surface area contributed by atoms with Crippen molar-refractivity contribution in [3.8, 4) is 11.6 Å². The van der Waals surface area contributed by atoms with Crippen LogP contribution >= 0.6 is 11.6 Å². The Morgan fingerprint density at radius 3 is 2.65 bits per heavy atom. The molecule has 0 aliphatic carbocycles. The summed E-state index contributed by atoms with van der Waals surface area (Å²) < 4.78 is 11.5. The number of ether oxygens (including phenoxy) is 2. The van der Waals surface area contributed by atoms with E-state index in [0.29, 0.717) is 24.1 Å². The van der Waals surface area contributed by atoms with E-state index in [1.165, 1.54) is 0 Å². The summed E-state index contributed by atoms with van der Waals surface area (Å²) in [4.78, 5) is 4.20. The molecule has 1 atom stereocenters. The third-order valence-corrected chi connectivity index (χ3v) is 3.05. The first-order valence-electron chi connectivity index (χ1n) is 6.70. The molecule has 0 unspecified atom stereocenters. The Bertz CT molecular complexity index is 519. The van der Waals surface area contributed by atoms with Crippen LogP contribution in [0.1, 0.15) is 25.0 Å². The van der Waals surface area contributed by atoms with Crippen molar-refractivity contribution in [2.24, 2.45) is 0 Å². The van der Waals surface area contributed by atoms with Gasteiger partial charge in [0.05, 0.1) is 6.61 Å². The lowest BCUT2D eigenvalue weighted by molar-refractivity contribution is 0.187. The van der Waals surface area contributed by atoms with Crippen molar-refractivity contribution in [2.75, 3.05) is 12.5 Å². The molecule has 0 bridgehead atoms. The first kappa shape index (κ1) is 14.7. The smallest absolute Gasteiger partial charge is 0.257 e. The molecular formula is C16H18ClNO2. The largest absolute Gasteiger partial charge is 0.480 e. The van der Waals surface area contributed by atoms with E-state index >= 15 is 0 Å². The summed E-state index contributed by atoms with van der Waals surface area (Å²) in [6.07, 6.45) is 2.32. The zero-order valence-corrected chi connectivity index (χ0v) is 12.2. The molecule has 20 heavy (non-hydrogen) atoms. The molecule has 0 N–H and O–H groups in total. The molecule has 2 rings (SSSR count). The molecule has 0 spiro atoms. The highest BCUT2D eigenvalue weighted by Crippen LogP contribution is 2.30. The second-order valence-electron chi connectivity index (χ2n) is 4.23. The van der Waals surface area contributed by atoms with Gasteiger partial charge in [-0.2, -0.15) is 0 Å². The third kappa shape index (κ3) is 3.87. The molecule has 1 heterocycles. The zero-order chi connectivity index (χ0) is 14.2. The minimum absolute atomic E-state index is 0.0999. The fourth-order valence-electron chi connectivity index (χ4n) is 1.92. The van der Waals surface area contributed by atoms with Crippen molar-refractivity contribution in [1.29, 1.82) is 0 Å². The summed E-state index contributed by atoms with van der Waals surface area (Å²) in [6.45, 7) is 2.48. The topological polar surface area (TPSA) is 31.4 Å². The number of alkyl halides is 1. The van der Waals surface area contributed by atoms with Gasteiger partial charge in [-0.3, -0.25) is 0 Å². The predicted octanol–water partition coefficient (Wildman–Crippen LogP) is 4.23. The van der Waals surface area contributed by atoms with Crippen LogP contribution in [0.5, 0.6) is 11.6 Å². The molecule has 0 aliphatic rings. The fourth-order valence-corrected chi connectivity index (χ4v) is 2.12. The maximum absolute atomic E-state index is 6.05. The Morgan fingerprint density at radius 2 is 1.95 bits per heavy atom. The van der Waals surface area contributed by atoms with Crippen LogP contribution in [0.4, 0.5) is 0 Å². The number of hydrogen-bond donors (Lipinski definition) is 0. The van der Waals surface area contributed by atoms with Crippen LogP contribution in [-0.4, -0.2) is 17.5 Å². The van der Waals surface area contributed by atoms with Gasteiger partial charge in [-0.1, -0.05) is 30.3 Å². The molecule has 0 aliphatic heterocycles. The summed E-state index contributed by atoms with van der Waals surface area (Å²) in [5, 5.41) is 0. The molecule has 4 heteroatoms. The third-order valence-electron chi connectivity index (χ3n) is 2.83. The molecule has 0 amide bonds. The van der Waals surface area contributed by atoms with Crippen LogP contribution in [-0.2, 0) is 0 Å². The summed E-state index contributed by atoms with van der Waals surface area (Å²) in [5.41, 5.74) is 1.10. The lowest BCUT2D eigenvalue weighted by Crippen LogP contribution is -2.10. The van der Waals surface area contributed by atoms with Gasteiger partial charge in [0, 0.05) is 18.5 Å². The molecule has 1 aromatic carbocycles. The number of rotatable bonds is 7. The van der Waals surface area contributed by atoms with Crippen LogP contribution in [0.15, 0.2) is 48.7 Å². The average molecular weight is 292 g/mol. The number of hydrogen-bond acceptors (Lipinski definition) is 3. The SMILES string of the molecule is CCOc1ncccc1O[C@H](CCCl)c1ccccc1. The van der Waals surface area contributed by atoms with Crippen LogP contribution in [0.3, 0.4) is 0 Å². The van der Waals surface area contributed by atoms with E-state index in [4.69, 9.17) is 21.1 Å². The van der Waals surface area contributed by atoms with Crippen LogP contribution < -0.4 is 9.47 Å². The van der Waals surface area contributed by atoms with Gasteiger partial charge >= 0.3 is 0 Å². The molecule has 0 saturated heterocycles. The van der Waals surface area contributed by atoms with Crippen molar-refractivity contribution in [3.63, 3.8) is 0 Å². The normalized spacial score (nSPS) is 11.9. The van der Waals surface area contributed by atoms with E-state index in [0.717, 1.165) is 12.0 Å². The van der Waals surface area contributed by atoms with E-state index in [1.54, 1.807) is 6.20 Å². The maximum Gasteiger partial charge on any atom is 0.257 e. The van der Waals surface area contributed by atoms with E-state index in [-0.39, 0.29) is 6.10 Å². The molecule has 0 radical (unpaired) electrons. The Morgan fingerprint density at radius 1 is 1.15 bits per heavy atom. The maximum atomic E-state index is 6.05. The van der Waals surface area contributed by atoms with Crippen LogP contribution in [0, 0.1) is 0 Å². The van der Waals surface area contributed by atoms with Gasteiger partial charge in [0.1, 0.15) is 6.10 Å². The van der Waals surface area contributed by atoms with Crippen molar-refractivity contribution in [2.45, 2.75) is 19.4 Å². The van der Waals surface area contributed by atoms with E-state index in [9.17, 15) is 0 Å². The van der Waals surface area contributed by atoms with Gasteiger partial charge in [-0.25, -0.2) is 4.98 Å². The quantitative estimate of drug-likeness (QED) is 0.715. The standard InChI is InChI=1S/C16H18ClNO2/c1-2-19-16-15(9-6-12-18-16)20-14(10-11-17)13-7-4-3-5-8-13/h3-9,12,14H,2,10-11H2,1H3/t14-/m1/s1. The molecular weight excluding hydrogens is 274 g/mol. The average Bonchev–Trinajstić information content (AvgIpc) is 2.50. The number of halogens is 1. The van der Waals surface area contributed by atoms with E-state index in [1.807, 2.05) is 49.4 Å². The van der Waals surface area contributed by atoms with Gasteiger partial charge in [0.25, 0.3) is 5.88 Å². The second-order valence-corrected chi connectivity index (χ2v) is 4.61. The van der Waals surface area contributed by atoms with Crippen LogP contribution in [0.25, 0.3) is 0 Å². The van der Waals surface area contributed by atoms with Crippen molar-refractivity contribution in [3.05, 3.63) is 54.2 Å². The Labute approximate surface area is 124 Å². The van der Waals surface area contributed by atoms with Gasteiger partial charge in [0.2, 0.25) is 0 Å². The molecule has 2 aromatic rings. The lowest BCUT2D eigenvalue weighted by Gasteiger charge is -2.20. The van der Waals surface area contributed by atoms with Crippen molar-refractivity contribution < 1.29 is 9.47 Å². The molecule has 0 fully saturated rings. The summed E-state index contributed by atoms with van der Waals surface area (Å²) >= 11 is 5.89. The minimum Gasteiger partial charge on any atom is -0.480 e. The van der Waals surface area contributed by atoms with Gasteiger partial charge in [-0.15, -0.1) is 11.6 Å². The lowest BCUT2D eigenvalue weighted by atomic mass is 10.1. The Balaban J connectivity index is 2.20. The number of benzene rings is 1. The van der Waals surface area contributed by atoms with E-state index in [2.05, 4.69) is 4.98 Å². The Kier molecular flexibility index (Phi) is 5.69. The highest BCUT2D eigenvalue weighted by Gasteiger charge is 2.15. The van der Waals surface area contributed by atoms with Crippen LogP contribution in [0.2, 0.25) is 0 Å². The highest BCUT2D eigenvalue weighted by atomic mass is 35.5. The fraction of sp³-hybridized carbons (Fsp3) is 0.312. The number of pyridine rings is 1. The Hall–Kier alpha value is -1.74. The number of aromatic nitrogens is 1. The first-order valence-corrected chi connectivity index (χ1v) is 7.24. The van der Waals surface area contributed by atoms with Gasteiger partial charge in [0.15, 0.2) is 5.75 Å². The summed E-state index contributed by atoms with van der Waals surface area (Å²) in [7, 11) is 0.